The topological polar surface area (TPSA) is 40.3 Å². The Morgan fingerprint density at radius 1 is 1.13 bits per heavy atom. The maximum atomic E-state index is 12.4. The Morgan fingerprint density at radius 2 is 1.87 bits per heavy atom. The minimum Gasteiger partial charge on any atom is -0.353 e. The molecule has 0 spiro atoms. The van der Waals surface area contributed by atoms with Crippen molar-refractivity contribution in [2.24, 2.45) is 0 Å². The largest absolute Gasteiger partial charge is 0.353 e. The highest BCUT2D eigenvalue weighted by Crippen LogP contribution is 2.12. The van der Waals surface area contributed by atoms with Gasteiger partial charge in [-0.3, -0.25) is 4.79 Å². The molecule has 0 radical (unpaired) electrons. The first-order chi connectivity index (χ1) is 11.2. The van der Waals surface area contributed by atoms with Crippen LogP contribution >= 0.6 is 0 Å². The minimum absolute atomic E-state index is 0.235. The maximum Gasteiger partial charge on any atom is 0.229 e. The molecular weight excluding hydrogens is 288 g/mol. The van der Waals surface area contributed by atoms with Crippen LogP contribution in [0.25, 0.3) is 0 Å². The summed E-state index contributed by atoms with van der Waals surface area (Å²) >= 11 is 0. The predicted molar refractivity (Wildman–Crippen MR) is 89.0 cm³/mol. The second-order valence-electron chi connectivity index (χ2n) is 5.92. The lowest BCUT2D eigenvalue weighted by Gasteiger charge is -2.35. The number of rotatable bonds is 4. The van der Waals surface area contributed by atoms with Gasteiger partial charge >= 0.3 is 0 Å². The summed E-state index contributed by atoms with van der Waals surface area (Å²) in [6.45, 7) is 6.04. The van der Waals surface area contributed by atoms with Crippen molar-refractivity contribution in [1.82, 2.24) is 9.88 Å². The van der Waals surface area contributed by atoms with Crippen molar-refractivity contribution in [3.63, 3.8) is 0 Å². The number of carbonyl (C=O) groups excluding carboxylic acids is 1. The molecule has 23 heavy (non-hydrogen) atoms. The van der Waals surface area contributed by atoms with Gasteiger partial charge in [-0.1, -0.05) is 6.07 Å². The second-order valence-corrected chi connectivity index (χ2v) is 5.92. The van der Waals surface area contributed by atoms with Gasteiger partial charge in [-0.15, -0.1) is 0 Å². The summed E-state index contributed by atoms with van der Waals surface area (Å²) in [4.78, 5) is 20.9. The number of aryl methyl sites for hydroxylation is 2. The third-order valence-corrected chi connectivity index (χ3v) is 4.25. The lowest BCUT2D eigenvalue weighted by molar-refractivity contribution is -0.696. The van der Waals surface area contributed by atoms with Gasteiger partial charge in [0.1, 0.15) is 5.82 Å². The first-order valence-electron chi connectivity index (χ1n) is 8.12. The zero-order chi connectivity index (χ0) is 16.1. The van der Waals surface area contributed by atoms with Gasteiger partial charge in [0.2, 0.25) is 5.91 Å². The monoisotopic (exact) mass is 311 g/mol. The summed E-state index contributed by atoms with van der Waals surface area (Å²) in [6, 6.07) is 10.1. The van der Waals surface area contributed by atoms with Gasteiger partial charge in [-0.2, -0.15) is 0 Å². The summed E-state index contributed by atoms with van der Waals surface area (Å²) in [5.74, 6) is 1.23. The number of aromatic nitrogens is 2. The Labute approximate surface area is 137 Å². The van der Waals surface area contributed by atoms with E-state index in [9.17, 15) is 4.79 Å². The van der Waals surface area contributed by atoms with E-state index in [1.54, 1.807) is 0 Å². The molecule has 1 fully saturated rings. The normalized spacial score (nSPS) is 14.8. The van der Waals surface area contributed by atoms with Crippen LogP contribution in [0.4, 0.5) is 5.82 Å². The number of hydrogen-bond donors (Lipinski definition) is 0. The molecule has 2 aromatic rings. The quantitative estimate of drug-likeness (QED) is 0.802. The van der Waals surface area contributed by atoms with Crippen molar-refractivity contribution in [1.29, 1.82) is 0 Å². The Hall–Kier alpha value is -2.43. The molecule has 5 nitrogen and oxygen atoms in total. The van der Waals surface area contributed by atoms with Crippen LogP contribution in [0.5, 0.6) is 0 Å². The third kappa shape index (κ3) is 4.06. The molecule has 3 rings (SSSR count). The molecule has 5 heteroatoms. The Morgan fingerprint density at radius 3 is 2.52 bits per heavy atom. The summed E-state index contributed by atoms with van der Waals surface area (Å²) in [5, 5.41) is 0. The molecule has 0 aliphatic carbocycles. The lowest BCUT2D eigenvalue weighted by atomic mass is 10.2. The zero-order valence-electron chi connectivity index (χ0n) is 13.6. The van der Waals surface area contributed by atoms with Crippen LogP contribution in [0, 0.1) is 6.92 Å². The fourth-order valence-electron chi connectivity index (χ4n) is 2.79. The zero-order valence-corrected chi connectivity index (χ0v) is 13.6. The Bertz CT molecular complexity index is 634. The summed E-state index contributed by atoms with van der Waals surface area (Å²) in [5.41, 5.74) is 1.23. The van der Waals surface area contributed by atoms with Crippen LogP contribution < -0.4 is 9.47 Å². The Kier molecular flexibility index (Phi) is 4.86. The van der Waals surface area contributed by atoms with Crippen molar-refractivity contribution in [3.05, 3.63) is 54.5 Å². The summed E-state index contributed by atoms with van der Waals surface area (Å²) in [7, 11) is 0. The molecule has 0 N–H and O–H groups in total. The SMILES string of the molecule is Cc1cc[n+](CCC(=O)N2CCN(c3ccccn3)CC2)cc1. The van der Waals surface area contributed by atoms with Crippen LogP contribution in [-0.4, -0.2) is 42.0 Å². The van der Waals surface area contributed by atoms with Gasteiger partial charge < -0.3 is 9.80 Å². The average molecular weight is 311 g/mol. The average Bonchev–Trinajstić information content (AvgIpc) is 2.62. The smallest absolute Gasteiger partial charge is 0.229 e. The van der Waals surface area contributed by atoms with E-state index in [1.807, 2.05) is 41.7 Å². The molecule has 2 aromatic heterocycles. The predicted octanol–water partition coefficient (Wildman–Crippen LogP) is 1.42. The van der Waals surface area contributed by atoms with E-state index >= 15 is 0 Å². The van der Waals surface area contributed by atoms with Crippen molar-refractivity contribution in [3.8, 4) is 0 Å². The van der Waals surface area contributed by atoms with Gasteiger partial charge in [-0.25, -0.2) is 9.55 Å². The van der Waals surface area contributed by atoms with Crippen LogP contribution in [0.15, 0.2) is 48.9 Å². The van der Waals surface area contributed by atoms with E-state index in [2.05, 4.69) is 33.5 Å². The molecule has 1 amide bonds. The van der Waals surface area contributed by atoms with Crippen LogP contribution in [0.1, 0.15) is 12.0 Å². The highest BCUT2D eigenvalue weighted by molar-refractivity contribution is 5.76. The first-order valence-corrected chi connectivity index (χ1v) is 8.12. The minimum atomic E-state index is 0.235. The van der Waals surface area contributed by atoms with Crippen molar-refractivity contribution in [2.75, 3.05) is 31.1 Å². The maximum absolute atomic E-state index is 12.4. The molecular formula is C18H23N4O+. The number of carbonyl (C=O) groups is 1. The van der Waals surface area contributed by atoms with Crippen molar-refractivity contribution >= 4 is 11.7 Å². The highest BCUT2D eigenvalue weighted by Gasteiger charge is 2.22. The number of amides is 1. The first kappa shape index (κ1) is 15.5. The fourth-order valence-corrected chi connectivity index (χ4v) is 2.79. The van der Waals surface area contributed by atoms with Gasteiger partial charge in [0, 0.05) is 44.5 Å². The van der Waals surface area contributed by atoms with Crippen LogP contribution in [0.3, 0.4) is 0 Å². The van der Waals surface area contributed by atoms with Gasteiger partial charge in [0.15, 0.2) is 18.9 Å². The number of nitrogens with zero attached hydrogens (tertiary/aromatic N) is 4. The molecule has 0 unspecified atom stereocenters. The van der Waals surface area contributed by atoms with Gasteiger partial charge in [0.05, 0.1) is 6.42 Å². The highest BCUT2D eigenvalue weighted by atomic mass is 16.2. The number of pyridine rings is 2. The van der Waals surface area contributed by atoms with Crippen molar-refractivity contribution in [2.45, 2.75) is 19.9 Å². The van der Waals surface area contributed by atoms with Crippen molar-refractivity contribution < 1.29 is 9.36 Å². The lowest BCUT2D eigenvalue weighted by Crippen LogP contribution is -2.49. The molecule has 1 aliphatic heterocycles. The Balaban J connectivity index is 1.47. The van der Waals surface area contributed by atoms with Crippen LogP contribution in [-0.2, 0) is 11.3 Å². The number of anilines is 1. The third-order valence-electron chi connectivity index (χ3n) is 4.25. The second kappa shape index (κ2) is 7.22. The molecule has 1 aliphatic rings. The van der Waals surface area contributed by atoms with E-state index in [0.29, 0.717) is 6.42 Å². The van der Waals surface area contributed by atoms with E-state index in [-0.39, 0.29) is 5.91 Å². The molecule has 0 saturated carbocycles. The molecule has 1 saturated heterocycles. The number of hydrogen-bond acceptors (Lipinski definition) is 3. The number of piperazine rings is 1. The van der Waals surface area contributed by atoms with Gasteiger partial charge in [-0.05, 0) is 24.6 Å². The fraction of sp³-hybridized carbons (Fsp3) is 0.389. The van der Waals surface area contributed by atoms with E-state index in [1.165, 1.54) is 5.56 Å². The molecule has 0 aromatic carbocycles. The summed E-state index contributed by atoms with van der Waals surface area (Å²) in [6.07, 6.45) is 6.42. The molecule has 0 atom stereocenters. The van der Waals surface area contributed by atoms with E-state index in [0.717, 1.165) is 38.5 Å². The summed E-state index contributed by atoms with van der Waals surface area (Å²) < 4.78 is 2.06. The standard InChI is InChI=1S/C18H23N4O/c1-16-5-9-20(10-6-16)11-7-18(23)22-14-12-21(13-15-22)17-4-2-3-8-19-17/h2-6,8-10H,7,11-15H2,1H3/q+1. The van der Waals surface area contributed by atoms with Crippen LogP contribution in [0.2, 0.25) is 0 Å². The molecule has 120 valence electrons. The molecule has 0 bridgehead atoms. The van der Waals surface area contributed by atoms with Gasteiger partial charge in [0.25, 0.3) is 0 Å². The molecule has 3 heterocycles. The van der Waals surface area contributed by atoms with E-state index in [4.69, 9.17) is 0 Å². The van der Waals surface area contributed by atoms with E-state index < -0.39 is 0 Å².